The number of aryl methyl sites for hydroxylation is 1. The van der Waals surface area contributed by atoms with E-state index in [9.17, 15) is 5.11 Å². The number of aliphatic hydroxyl groups is 1. The second kappa shape index (κ2) is 8.46. The molecule has 2 rings (SSSR count). The fourth-order valence-corrected chi connectivity index (χ4v) is 2.72. The minimum absolute atomic E-state index is 0.285. The summed E-state index contributed by atoms with van der Waals surface area (Å²) < 4.78 is 1.84. The van der Waals surface area contributed by atoms with Gasteiger partial charge in [0, 0.05) is 25.7 Å². The van der Waals surface area contributed by atoms with Crippen molar-refractivity contribution < 1.29 is 5.11 Å². The summed E-state index contributed by atoms with van der Waals surface area (Å²) in [4.78, 5) is 6.31. The van der Waals surface area contributed by atoms with Crippen LogP contribution >= 0.6 is 0 Å². The Kier molecular flexibility index (Phi) is 6.60. The van der Waals surface area contributed by atoms with Crippen LogP contribution in [0.5, 0.6) is 0 Å². The number of likely N-dealkylation sites (tertiary alicyclic amines) is 1. The molecular formula is C15H29N5O. The van der Waals surface area contributed by atoms with Crippen LogP contribution < -0.4 is 5.32 Å². The highest BCUT2D eigenvalue weighted by Crippen LogP contribution is 2.15. The van der Waals surface area contributed by atoms with Crippen molar-refractivity contribution in [2.24, 2.45) is 5.92 Å². The Morgan fingerprint density at radius 1 is 1.38 bits per heavy atom. The standard InChI is InChI=1S/C15H29N5O/c1-13-3-6-19(7-4-13)10-15(21)9-17-14(2)5-8-20-12-16-11-18-20/h11-15,17,21H,3-10H2,1-2H3. The van der Waals surface area contributed by atoms with Gasteiger partial charge < -0.3 is 15.3 Å². The minimum atomic E-state index is -0.285. The normalized spacial score (nSPS) is 20.5. The Balaban J connectivity index is 1.56. The second-order valence-corrected chi connectivity index (χ2v) is 6.39. The number of rotatable bonds is 8. The highest BCUT2D eigenvalue weighted by atomic mass is 16.3. The third-order valence-corrected chi connectivity index (χ3v) is 4.30. The molecule has 2 heterocycles. The van der Waals surface area contributed by atoms with Gasteiger partial charge in [-0.2, -0.15) is 5.10 Å². The molecular weight excluding hydrogens is 266 g/mol. The van der Waals surface area contributed by atoms with Gasteiger partial charge >= 0.3 is 0 Å². The Morgan fingerprint density at radius 2 is 2.14 bits per heavy atom. The van der Waals surface area contributed by atoms with Crippen molar-refractivity contribution in [3.05, 3.63) is 12.7 Å². The Bertz CT molecular complexity index is 375. The number of aliphatic hydroxyl groups excluding tert-OH is 1. The summed E-state index contributed by atoms with van der Waals surface area (Å²) in [5.74, 6) is 0.841. The summed E-state index contributed by atoms with van der Waals surface area (Å²) >= 11 is 0. The monoisotopic (exact) mass is 295 g/mol. The van der Waals surface area contributed by atoms with E-state index in [2.05, 4.69) is 34.1 Å². The topological polar surface area (TPSA) is 66.2 Å². The summed E-state index contributed by atoms with van der Waals surface area (Å²) in [6, 6.07) is 0.366. The van der Waals surface area contributed by atoms with Gasteiger partial charge in [-0.1, -0.05) is 6.92 Å². The smallest absolute Gasteiger partial charge is 0.137 e. The van der Waals surface area contributed by atoms with Gasteiger partial charge in [0.05, 0.1) is 6.10 Å². The van der Waals surface area contributed by atoms with E-state index < -0.39 is 0 Å². The average molecular weight is 295 g/mol. The number of nitrogens with zero attached hydrogens (tertiary/aromatic N) is 4. The van der Waals surface area contributed by atoms with Crippen molar-refractivity contribution in [2.45, 2.75) is 51.8 Å². The molecule has 1 aromatic heterocycles. The molecule has 0 amide bonds. The molecule has 0 bridgehead atoms. The van der Waals surface area contributed by atoms with E-state index in [0.717, 1.165) is 38.5 Å². The van der Waals surface area contributed by atoms with Gasteiger partial charge in [0.25, 0.3) is 0 Å². The van der Waals surface area contributed by atoms with E-state index in [-0.39, 0.29) is 6.10 Å². The SMILES string of the molecule is CC1CCN(CC(O)CNC(C)CCn2cncn2)CC1. The Hall–Kier alpha value is -0.980. The van der Waals surface area contributed by atoms with Crippen LogP contribution in [0.2, 0.25) is 0 Å². The van der Waals surface area contributed by atoms with Crippen LogP contribution in [-0.4, -0.2) is 63.1 Å². The fourth-order valence-electron chi connectivity index (χ4n) is 2.72. The summed E-state index contributed by atoms with van der Waals surface area (Å²) in [5, 5.41) is 17.6. The van der Waals surface area contributed by atoms with Crippen molar-refractivity contribution in [2.75, 3.05) is 26.2 Å². The fraction of sp³-hybridized carbons (Fsp3) is 0.867. The van der Waals surface area contributed by atoms with Crippen LogP contribution in [0.4, 0.5) is 0 Å². The molecule has 1 aliphatic heterocycles. The largest absolute Gasteiger partial charge is 0.390 e. The zero-order valence-electron chi connectivity index (χ0n) is 13.3. The number of hydrogen-bond acceptors (Lipinski definition) is 5. The lowest BCUT2D eigenvalue weighted by atomic mass is 9.99. The molecule has 2 N–H and O–H groups in total. The molecule has 2 unspecified atom stereocenters. The third-order valence-electron chi connectivity index (χ3n) is 4.30. The molecule has 21 heavy (non-hydrogen) atoms. The minimum Gasteiger partial charge on any atom is -0.390 e. The van der Waals surface area contributed by atoms with E-state index in [1.165, 1.54) is 12.8 Å². The van der Waals surface area contributed by atoms with Gasteiger partial charge in [0.15, 0.2) is 0 Å². The number of β-amino-alcohol motifs (C(OH)–C–C–N with tert-alkyl or cyclic N) is 1. The van der Waals surface area contributed by atoms with Gasteiger partial charge in [-0.15, -0.1) is 0 Å². The lowest BCUT2D eigenvalue weighted by Gasteiger charge is -2.32. The first kappa shape index (κ1) is 16.4. The number of aromatic nitrogens is 3. The number of hydrogen-bond donors (Lipinski definition) is 2. The molecule has 6 heteroatoms. The number of piperidine rings is 1. The molecule has 0 aromatic carbocycles. The highest BCUT2D eigenvalue weighted by molar-refractivity contribution is 4.74. The van der Waals surface area contributed by atoms with Crippen LogP contribution in [0.3, 0.4) is 0 Å². The van der Waals surface area contributed by atoms with Gasteiger partial charge in [-0.05, 0) is 45.2 Å². The van der Waals surface area contributed by atoms with Gasteiger partial charge in [0.2, 0.25) is 0 Å². The van der Waals surface area contributed by atoms with Crippen molar-refractivity contribution in [1.82, 2.24) is 25.0 Å². The average Bonchev–Trinajstić information content (AvgIpc) is 2.99. The van der Waals surface area contributed by atoms with Crippen LogP contribution in [0, 0.1) is 5.92 Å². The maximum absolute atomic E-state index is 10.1. The Labute approximate surface area is 127 Å². The first-order valence-electron chi connectivity index (χ1n) is 8.09. The third kappa shape index (κ3) is 6.11. The molecule has 1 aromatic rings. The van der Waals surface area contributed by atoms with Gasteiger partial charge in [0.1, 0.15) is 12.7 Å². The number of nitrogens with one attached hydrogen (secondary N) is 1. The van der Waals surface area contributed by atoms with Crippen LogP contribution in [0.15, 0.2) is 12.7 Å². The maximum Gasteiger partial charge on any atom is 0.137 e. The van der Waals surface area contributed by atoms with Crippen LogP contribution in [0.1, 0.15) is 33.1 Å². The second-order valence-electron chi connectivity index (χ2n) is 6.39. The molecule has 120 valence electrons. The van der Waals surface area contributed by atoms with Gasteiger partial charge in [-0.25, -0.2) is 4.98 Å². The quantitative estimate of drug-likeness (QED) is 0.740. The van der Waals surface area contributed by atoms with E-state index in [1.54, 1.807) is 12.7 Å². The molecule has 1 fully saturated rings. The zero-order valence-corrected chi connectivity index (χ0v) is 13.3. The van der Waals surface area contributed by atoms with Crippen molar-refractivity contribution in [1.29, 1.82) is 0 Å². The summed E-state index contributed by atoms with van der Waals surface area (Å²) in [7, 11) is 0. The Morgan fingerprint density at radius 3 is 2.81 bits per heavy atom. The van der Waals surface area contributed by atoms with E-state index in [1.807, 2.05) is 4.68 Å². The summed E-state index contributed by atoms with van der Waals surface area (Å²) in [5.41, 5.74) is 0. The molecule has 0 aliphatic carbocycles. The van der Waals surface area contributed by atoms with Crippen LogP contribution in [0.25, 0.3) is 0 Å². The molecule has 0 saturated carbocycles. The first-order chi connectivity index (χ1) is 10.1. The molecule has 1 saturated heterocycles. The zero-order chi connectivity index (χ0) is 15.1. The highest BCUT2D eigenvalue weighted by Gasteiger charge is 2.18. The molecule has 2 atom stereocenters. The molecule has 0 radical (unpaired) electrons. The summed E-state index contributed by atoms with van der Waals surface area (Å²) in [6.45, 7) is 9.01. The lowest BCUT2D eigenvalue weighted by molar-refractivity contribution is 0.0888. The van der Waals surface area contributed by atoms with Gasteiger partial charge in [-0.3, -0.25) is 4.68 Å². The first-order valence-corrected chi connectivity index (χ1v) is 8.09. The van der Waals surface area contributed by atoms with E-state index >= 15 is 0 Å². The van der Waals surface area contributed by atoms with E-state index in [4.69, 9.17) is 0 Å². The van der Waals surface area contributed by atoms with Crippen molar-refractivity contribution in [3.8, 4) is 0 Å². The van der Waals surface area contributed by atoms with Crippen LogP contribution in [-0.2, 0) is 6.54 Å². The lowest BCUT2D eigenvalue weighted by Crippen LogP contribution is -2.43. The van der Waals surface area contributed by atoms with E-state index in [0.29, 0.717) is 12.6 Å². The molecule has 6 nitrogen and oxygen atoms in total. The predicted octanol–water partition coefficient (Wildman–Crippen LogP) is 0.739. The molecule has 1 aliphatic rings. The maximum atomic E-state index is 10.1. The summed E-state index contributed by atoms with van der Waals surface area (Å²) in [6.07, 6.45) is 6.51. The van der Waals surface area contributed by atoms with Crippen molar-refractivity contribution in [3.63, 3.8) is 0 Å². The molecule has 0 spiro atoms. The van der Waals surface area contributed by atoms with Crippen molar-refractivity contribution >= 4 is 0 Å². The predicted molar refractivity (Wildman–Crippen MR) is 82.9 cm³/mol.